The summed E-state index contributed by atoms with van der Waals surface area (Å²) in [6.45, 7) is 2.81. The van der Waals surface area contributed by atoms with Crippen molar-refractivity contribution in [2.75, 3.05) is 12.9 Å². The topological polar surface area (TPSA) is 18.5 Å². The third-order valence-electron chi connectivity index (χ3n) is 1.72. The summed E-state index contributed by atoms with van der Waals surface area (Å²) in [6, 6.07) is 0. The Labute approximate surface area is 76.6 Å². The highest BCUT2D eigenvalue weighted by molar-refractivity contribution is 8.22. The second-order valence-electron chi connectivity index (χ2n) is 2.48. The highest BCUT2D eigenvalue weighted by Crippen LogP contribution is 2.18. The van der Waals surface area contributed by atoms with Crippen LogP contribution in [0.15, 0.2) is 0 Å². The zero-order valence-electron chi connectivity index (χ0n) is 6.70. The first-order valence-electron chi connectivity index (χ1n) is 3.60. The maximum Gasteiger partial charge on any atom is 0.220 e. The van der Waals surface area contributed by atoms with Crippen molar-refractivity contribution in [1.29, 1.82) is 0 Å². The minimum atomic E-state index is 0.176. The number of rotatable bonds is 1. The summed E-state index contributed by atoms with van der Waals surface area (Å²) >= 11 is 6.40. The first-order chi connectivity index (χ1) is 5.24. The maximum atomic E-state index is 5.44. The highest BCUT2D eigenvalue weighted by Gasteiger charge is 2.26. The average molecular weight is 192 g/mol. The summed E-state index contributed by atoms with van der Waals surface area (Å²) in [5.41, 5.74) is 0. The zero-order valence-corrected chi connectivity index (χ0v) is 8.33. The van der Waals surface area contributed by atoms with Crippen molar-refractivity contribution in [2.45, 2.75) is 25.6 Å². The van der Waals surface area contributed by atoms with Crippen molar-refractivity contribution in [3.8, 4) is 0 Å². The Hall–Kier alpha value is 0.200. The largest absolute Gasteiger partial charge is 0.472 e. The fourth-order valence-electron chi connectivity index (χ4n) is 1.04. The number of thiocarbonyl (C=S) groups is 1. The van der Waals surface area contributed by atoms with E-state index in [0.717, 1.165) is 13.0 Å². The Balaban J connectivity index is 2.30. The molecule has 1 aliphatic rings. The molecule has 0 aromatic carbocycles. The Kier molecular flexibility index (Phi) is 3.62. The molecule has 4 heteroatoms. The quantitative estimate of drug-likeness (QED) is 0.590. The predicted octanol–water partition coefficient (Wildman–Crippen LogP) is 1.83. The smallest absolute Gasteiger partial charge is 0.220 e. The van der Waals surface area contributed by atoms with Crippen molar-refractivity contribution in [2.24, 2.45) is 0 Å². The molecule has 0 saturated carbocycles. The Bertz CT molecular complexity index is 149. The lowest BCUT2D eigenvalue weighted by atomic mass is 10.2. The molecule has 2 nitrogen and oxygen atoms in total. The minimum absolute atomic E-state index is 0.176. The first-order valence-corrected chi connectivity index (χ1v) is 5.23. The molecule has 0 aromatic rings. The van der Waals surface area contributed by atoms with Gasteiger partial charge in [-0.2, -0.15) is 0 Å². The summed E-state index contributed by atoms with van der Waals surface area (Å²) in [6.07, 6.45) is 3.25. The molecule has 0 N–H and O–H groups in total. The summed E-state index contributed by atoms with van der Waals surface area (Å²) in [5.74, 6) is 0. The molecule has 1 aliphatic heterocycles. The molecule has 1 rings (SSSR count). The van der Waals surface area contributed by atoms with Crippen molar-refractivity contribution in [3.63, 3.8) is 0 Å². The van der Waals surface area contributed by atoms with Gasteiger partial charge in [-0.05, 0) is 25.4 Å². The van der Waals surface area contributed by atoms with Gasteiger partial charge in [-0.3, -0.25) is 0 Å². The van der Waals surface area contributed by atoms with Gasteiger partial charge in [-0.1, -0.05) is 11.8 Å². The predicted molar refractivity (Wildman–Crippen MR) is 51.0 cm³/mol. The lowest BCUT2D eigenvalue weighted by Gasteiger charge is -2.15. The van der Waals surface area contributed by atoms with Crippen molar-refractivity contribution in [1.82, 2.24) is 0 Å². The Morgan fingerprint density at radius 3 is 2.91 bits per heavy atom. The van der Waals surface area contributed by atoms with E-state index in [0.29, 0.717) is 4.38 Å². The lowest BCUT2D eigenvalue weighted by molar-refractivity contribution is 0.0656. The van der Waals surface area contributed by atoms with Crippen LogP contribution in [-0.4, -0.2) is 29.5 Å². The van der Waals surface area contributed by atoms with Gasteiger partial charge in [0.05, 0.1) is 12.7 Å². The van der Waals surface area contributed by atoms with Gasteiger partial charge in [-0.25, -0.2) is 0 Å². The maximum absolute atomic E-state index is 5.44. The normalized spacial score (nSPS) is 30.4. The molecule has 0 aromatic heterocycles. The molecule has 0 spiro atoms. The van der Waals surface area contributed by atoms with Crippen molar-refractivity contribution < 1.29 is 9.47 Å². The standard InChI is InChI=1S/C7H12O2S2/c1-5-6(3-4-8-5)9-7(10)11-2/h5-6H,3-4H2,1-2H3. The van der Waals surface area contributed by atoms with Gasteiger partial charge in [0.25, 0.3) is 0 Å². The third-order valence-corrected chi connectivity index (χ3v) is 2.75. The summed E-state index contributed by atoms with van der Waals surface area (Å²) in [7, 11) is 0. The van der Waals surface area contributed by atoms with Gasteiger partial charge in [0, 0.05) is 6.42 Å². The lowest BCUT2D eigenvalue weighted by Crippen LogP contribution is -2.22. The molecule has 1 heterocycles. The first kappa shape index (κ1) is 9.29. The van der Waals surface area contributed by atoms with Crippen molar-refractivity contribution >= 4 is 28.4 Å². The van der Waals surface area contributed by atoms with Crippen LogP contribution in [0, 0.1) is 0 Å². The van der Waals surface area contributed by atoms with Crippen LogP contribution in [-0.2, 0) is 9.47 Å². The van der Waals surface area contributed by atoms with Crippen LogP contribution in [0.2, 0.25) is 0 Å². The zero-order chi connectivity index (χ0) is 8.27. The van der Waals surface area contributed by atoms with Crippen molar-refractivity contribution in [3.05, 3.63) is 0 Å². The van der Waals surface area contributed by atoms with E-state index in [1.54, 1.807) is 0 Å². The molecule has 1 saturated heterocycles. The minimum Gasteiger partial charge on any atom is -0.472 e. The van der Waals surface area contributed by atoms with E-state index in [1.807, 2.05) is 13.2 Å². The van der Waals surface area contributed by atoms with E-state index < -0.39 is 0 Å². The average Bonchev–Trinajstić information content (AvgIpc) is 2.37. The van der Waals surface area contributed by atoms with Crippen LogP contribution in [0.5, 0.6) is 0 Å². The van der Waals surface area contributed by atoms with E-state index >= 15 is 0 Å². The molecule has 0 aliphatic carbocycles. The van der Waals surface area contributed by atoms with Gasteiger partial charge in [0.1, 0.15) is 6.10 Å². The molecule has 1 fully saturated rings. The summed E-state index contributed by atoms with van der Waals surface area (Å²) < 4.78 is 11.4. The number of thioether (sulfide) groups is 1. The van der Waals surface area contributed by atoms with Gasteiger partial charge >= 0.3 is 0 Å². The van der Waals surface area contributed by atoms with E-state index in [4.69, 9.17) is 21.7 Å². The Morgan fingerprint density at radius 1 is 1.73 bits per heavy atom. The molecular formula is C7H12O2S2. The SMILES string of the molecule is CSC(=S)OC1CCOC1C. The van der Waals surface area contributed by atoms with E-state index in [2.05, 4.69) is 0 Å². The molecule has 0 bridgehead atoms. The fraction of sp³-hybridized carbons (Fsp3) is 0.857. The summed E-state index contributed by atoms with van der Waals surface area (Å²) in [5, 5.41) is 0. The molecular weight excluding hydrogens is 180 g/mol. The van der Waals surface area contributed by atoms with Gasteiger partial charge in [0.15, 0.2) is 0 Å². The summed E-state index contributed by atoms with van der Waals surface area (Å²) in [4.78, 5) is 0. The third kappa shape index (κ3) is 2.61. The molecule has 11 heavy (non-hydrogen) atoms. The van der Waals surface area contributed by atoms with E-state index in [9.17, 15) is 0 Å². The Morgan fingerprint density at radius 2 is 2.45 bits per heavy atom. The fourth-order valence-corrected chi connectivity index (χ4v) is 1.38. The second kappa shape index (κ2) is 4.28. The van der Waals surface area contributed by atoms with Gasteiger partial charge < -0.3 is 9.47 Å². The second-order valence-corrected chi connectivity index (χ2v) is 3.88. The number of hydrogen-bond donors (Lipinski definition) is 0. The van der Waals surface area contributed by atoms with Gasteiger partial charge in [-0.15, -0.1) is 0 Å². The highest BCUT2D eigenvalue weighted by atomic mass is 32.2. The molecule has 64 valence electrons. The molecule has 2 atom stereocenters. The number of hydrogen-bond acceptors (Lipinski definition) is 4. The van der Waals surface area contributed by atoms with Crippen LogP contribution in [0.4, 0.5) is 0 Å². The molecule has 2 unspecified atom stereocenters. The van der Waals surface area contributed by atoms with Crippen LogP contribution < -0.4 is 0 Å². The molecule has 0 radical (unpaired) electrons. The monoisotopic (exact) mass is 192 g/mol. The van der Waals surface area contributed by atoms with Crippen LogP contribution in [0.1, 0.15) is 13.3 Å². The van der Waals surface area contributed by atoms with Crippen LogP contribution in [0.3, 0.4) is 0 Å². The van der Waals surface area contributed by atoms with Crippen LogP contribution >= 0.6 is 24.0 Å². The number of ether oxygens (including phenoxy) is 2. The van der Waals surface area contributed by atoms with E-state index in [-0.39, 0.29) is 12.2 Å². The molecule has 0 amide bonds. The van der Waals surface area contributed by atoms with Crippen LogP contribution in [0.25, 0.3) is 0 Å². The van der Waals surface area contributed by atoms with Gasteiger partial charge in [0.2, 0.25) is 4.38 Å². The van der Waals surface area contributed by atoms with E-state index in [1.165, 1.54) is 11.8 Å².